The zero-order valence-electron chi connectivity index (χ0n) is 14.6. The van der Waals surface area contributed by atoms with Crippen molar-refractivity contribution in [2.75, 3.05) is 11.1 Å². The second kappa shape index (κ2) is 7.46. The Bertz CT molecular complexity index is 1110. The molecule has 1 heterocycles. The topological polar surface area (TPSA) is 88.0 Å². The van der Waals surface area contributed by atoms with Gasteiger partial charge in [0.25, 0.3) is 5.91 Å². The molecule has 0 atom stereocenters. The highest BCUT2D eigenvalue weighted by Gasteiger charge is 2.35. The Kier molecular flexibility index (Phi) is 5.19. The van der Waals surface area contributed by atoms with Gasteiger partial charge >= 0.3 is 6.18 Å². The quantitative estimate of drug-likeness (QED) is 0.272. The largest absolute Gasteiger partial charge is 0.417 e. The SMILES string of the molecule is [B]c1ccc(NC(=O)c2cc(C(=O)c3ccccc3C(F)(F)F)c[nH]2)c(N)c1F. The van der Waals surface area contributed by atoms with E-state index in [0.29, 0.717) is 0 Å². The van der Waals surface area contributed by atoms with E-state index < -0.39 is 34.8 Å². The van der Waals surface area contributed by atoms with Gasteiger partial charge in [0.15, 0.2) is 5.78 Å². The first-order valence-electron chi connectivity index (χ1n) is 8.13. The lowest BCUT2D eigenvalue weighted by molar-refractivity contribution is -0.137. The fourth-order valence-corrected chi connectivity index (χ4v) is 2.65. The van der Waals surface area contributed by atoms with Crippen LogP contribution in [0.15, 0.2) is 48.7 Å². The third kappa shape index (κ3) is 4.01. The lowest BCUT2D eigenvalue weighted by Crippen LogP contribution is -2.17. The second-order valence-electron chi connectivity index (χ2n) is 6.06. The fourth-order valence-electron chi connectivity index (χ4n) is 2.65. The van der Waals surface area contributed by atoms with Crippen LogP contribution >= 0.6 is 0 Å². The molecule has 2 radical (unpaired) electrons. The first-order valence-corrected chi connectivity index (χ1v) is 8.13. The minimum Gasteiger partial charge on any atom is -0.395 e. The average molecular weight is 401 g/mol. The number of aromatic amines is 1. The van der Waals surface area contributed by atoms with E-state index in [1.165, 1.54) is 24.3 Å². The number of rotatable bonds is 4. The molecule has 1 aromatic heterocycles. The molecule has 0 aliphatic heterocycles. The number of carbonyl (C=O) groups is 2. The van der Waals surface area contributed by atoms with Gasteiger partial charge in [-0.1, -0.05) is 29.7 Å². The van der Waals surface area contributed by atoms with Crippen molar-refractivity contribution in [2.24, 2.45) is 0 Å². The number of anilines is 2. The van der Waals surface area contributed by atoms with Crippen molar-refractivity contribution in [3.63, 3.8) is 0 Å². The summed E-state index contributed by atoms with van der Waals surface area (Å²) in [5.74, 6) is -2.58. The minimum atomic E-state index is -4.71. The highest BCUT2D eigenvalue weighted by Crippen LogP contribution is 2.33. The smallest absolute Gasteiger partial charge is 0.395 e. The van der Waals surface area contributed by atoms with E-state index in [1.54, 1.807) is 0 Å². The summed E-state index contributed by atoms with van der Waals surface area (Å²) in [6.45, 7) is 0. The molecule has 146 valence electrons. The van der Waals surface area contributed by atoms with Crippen LogP contribution in [0.2, 0.25) is 0 Å². The number of aromatic nitrogens is 1. The van der Waals surface area contributed by atoms with E-state index in [9.17, 15) is 27.2 Å². The number of ketones is 1. The number of alkyl halides is 3. The number of hydrogen-bond acceptors (Lipinski definition) is 3. The monoisotopic (exact) mass is 401 g/mol. The molecule has 0 aliphatic carbocycles. The van der Waals surface area contributed by atoms with Crippen LogP contribution in [0.4, 0.5) is 28.9 Å². The Morgan fingerprint density at radius 2 is 1.79 bits per heavy atom. The summed E-state index contributed by atoms with van der Waals surface area (Å²) in [6, 6.07) is 7.92. The van der Waals surface area contributed by atoms with Gasteiger partial charge in [0.2, 0.25) is 0 Å². The summed E-state index contributed by atoms with van der Waals surface area (Å²) < 4.78 is 53.1. The number of nitrogen functional groups attached to an aromatic ring is 1. The summed E-state index contributed by atoms with van der Waals surface area (Å²) in [7, 11) is 5.37. The number of hydrogen-bond donors (Lipinski definition) is 3. The summed E-state index contributed by atoms with van der Waals surface area (Å²) in [6.07, 6.45) is -3.60. The predicted octanol–water partition coefficient (Wildman–Crippen LogP) is 3.03. The molecule has 2 aromatic carbocycles. The number of amides is 1. The number of carbonyl (C=O) groups excluding carboxylic acids is 2. The molecule has 0 spiro atoms. The van der Waals surface area contributed by atoms with Gasteiger partial charge in [0, 0.05) is 17.3 Å². The van der Waals surface area contributed by atoms with Crippen LogP contribution in [-0.2, 0) is 6.18 Å². The maximum absolute atomic E-state index is 13.7. The van der Waals surface area contributed by atoms with Gasteiger partial charge in [0.1, 0.15) is 19.4 Å². The second-order valence-corrected chi connectivity index (χ2v) is 6.06. The predicted molar refractivity (Wildman–Crippen MR) is 99.8 cm³/mol. The molecule has 0 bridgehead atoms. The summed E-state index contributed by atoms with van der Waals surface area (Å²) in [5.41, 5.74) is 3.03. The highest BCUT2D eigenvalue weighted by molar-refractivity contribution is 6.33. The van der Waals surface area contributed by atoms with E-state index >= 15 is 0 Å². The lowest BCUT2D eigenvalue weighted by Gasteiger charge is -2.11. The molecule has 0 aliphatic rings. The summed E-state index contributed by atoms with van der Waals surface area (Å²) in [4.78, 5) is 27.3. The Balaban J connectivity index is 1.86. The summed E-state index contributed by atoms with van der Waals surface area (Å²) >= 11 is 0. The van der Waals surface area contributed by atoms with Crippen molar-refractivity contribution in [2.45, 2.75) is 6.18 Å². The molecule has 0 saturated carbocycles. The molecule has 0 saturated heterocycles. The standard InChI is InChI=1S/C19H12BF4N3O2/c20-12-5-6-13(16(25)15(12)21)27-18(29)14-7-9(8-26-14)17(28)10-3-1-2-4-11(10)19(22,23)24/h1-8,26H,25H2,(H,27,29). The molecule has 3 aromatic rings. The van der Waals surface area contributed by atoms with Crippen molar-refractivity contribution >= 4 is 36.4 Å². The Labute approximate surface area is 163 Å². The molecule has 1 amide bonds. The molecule has 10 heteroatoms. The number of benzene rings is 2. The maximum Gasteiger partial charge on any atom is 0.417 e. The maximum atomic E-state index is 13.7. The van der Waals surface area contributed by atoms with Gasteiger partial charge in [-0.2, -0.15) is 13.2 Å². The molecule has 4 N–H and O–H groups in total. The number of nitrogens with two attached hydrogens (primary N) is 1. The van der Waals surface area contributed by atoms with Crippen LogP contribution in [0, 0.1) is 5.82 Å². The number of H-pyrrole nitrogens is 1. The van der Waals surface area contributed by atoms with Crippen molar-refractivity contribution < 1.29 is 27.2 Å². The van der Waals surface area contributed by atoms with E-state index in [0.717, 1.165) is 24.4 Å². The van der Waals surface area contributed by atoms with Crippen molar-refractivity contribution in [3.05, 3.63) is 76.9 Å². The Hall–Kier alpha value is -3.56. The Morgan fingerprint density at radius 1 is 1.10 bits per heavy atom. The normalized spacial score (nSPS) is 11.3. The van der Waals surface area contributed by atoms with Crippen LogP contribution in [0.3, 0.4) is 0 Å². The van der Waals surface area contributed by atoms with Gasteiger partial charge in [-0.3, -0.25) is 9.59 Å². The van der Waals surface area contributed by atoms with Gasteiger partial charge in [-0.15, -0.1) is 0 Å². The number of nitrogens with one attached hydrogen (secondary N) is 2. The van der Waals surface area contributed by atoms with E-state index in [-0.39, 0.29) is 28.1 Å². The highest BCUT2D eigenvalue weighted by atomic mass is 19.4. The van der Waals surface area contributed by atoms with E-state index in [2.05, 4.69) is 10.3 Å². The third-order valence-corrected chi connectivity index (χ3v) is 4.12. The van der Waals surface area contributed by atoms with Crippen molar-refractivity contribution in [3.8, 4) is 0 Å². The molecular weight excluding hydrogens is 389 g/mol. The van der Waals surface area contributed by atoms with Crippen LogP contribution in [-0.4, -0.2) is 24.5 Å². The minimum absolute atomic E-state index is 0.0495. The van der Waals surface area contributed by atoms with Crippen LogP contribution in [0.25, 0.3) is 0 Å². The zero-order valence-corrected chi connectivity index (χ0v) is 14.6. The molecule has 3 rings (SSSR count). The molecule has 29 heavy (non-hydrogen) atoms. The molecule has 0 unspecified atom stereocenters. The number of halogens is 4. The van der Waals surface area contributed by atoms with Gasteiger partial charge in [-0.25, -0.2) is 4.39 Å². The molecular formula is C19H12BF4N3O2. The van der Waals surface area contributed by atoms with Crippen molar-refractivity contribution in [1.82, 2.24) is 4.98 Å². The fraction of sp³-hybridized carbons (Fsp3) is 0.0526. The average Bonchev–Trinajstić information content (AvgIpc) is 3.17. The third-order valence-electron chi connectivity index (χ3n) is 4.12. The summed E-state index contributed by atoms with van der Waals surface area (Å²) in [5, 5.41) is 2.34. The van der Waals surface area contributed by atoms with Crippen molar-refractivity contribution in [1.29, 1.82) is 0 Å². The van der Waals surface area contributed by atoms with Gasteiger partial charge in [-0.05, 0) is 18.2 Å². The van der Waals surface area contributed by atoms with Crippen LogP contribution in [0.5, 0.6) is 0 Å². The van der Waals surface area contributed by atoms with Gasteiger partial charge in [0.05, 0.1) is 16.9 Å². The first kappa shape index (κ1) is 20.2. The Morgan fingerprint density at radius 3 is 2.48 bits per heavy atom. The van der Waals surface area contributed by atoms with E-state index in [4.69, 9.17) is 13.6 Å². The van der Waals surface area contributed by atoms with Crippen LogP contribution in [0.1, 0.15) is 32.0 Å². The van der Waals surface area contributed by atoms with E-state index in [1.807, 2.05) is 0 Å². The zero-order chi connectivity index (χ0) is 21.3. The van der Waals surface area contributed by atoms with Crippen LogP contribution < -0.4 is 16.5 Å². The molecule has 0 fully saturated rings. The lowest BCUT2D eigenvalue weighted by atomic mass is 9.94. The first-order chi connectivity index (χ1) is 13.6. The van der Waals surface area contributed by atoms with Gasteiger partial charge < -0.3 is 16.0 Å². The molecule has 5 nitrogen and oxygen atoms in total.